The molecule has 29 heavy (non-hydrogen) atoms. The molecule has 9 heteroatoms. The lowest BCUT2D eigenvalue weighted by Crippen LogP contribution is -2.24. The monoisotopic (exact) mass is 409 g/mol. The Morgan fingerprint density at radius 1 is 1.17 bits per heavy atom. The standard InChI is InChI=1S/C20H23N7OS/c1-27(2)17-10-8-16(9-11-17)13-22-24-19-23-20(26-25-19)29-14-18(28)21-12-15-6-4-3-5-7-15/h3-11,13H,12,14H2,1-2H3,(H,21,28)(H2,23,24,25,26)/b22-13-. The molecule has 0 saturated carbocycles. The maximum atomic E-state index is 12.0. The van der Waals surface area contributed by atoms with Crippen LogP contribution in [0.1, 0.15) is 11.1 Å². The van der Waals surface area contributed by atoms with Crippen LogP contribution in [0.25, 0.3) is 0 Å². The summed E-state index contributed by atoms with van der Waals surface area (Å²) in [6.45, 7) is 0.505. The van der Waals surface area contributed by atoms with Gasteiger partial charge in [0, 0.05) is 26.3 Å². The lowest BCUT2D eigenvalue weighted by atomic mass is 10.2. The number of hydrogen-bond acceptors (Lipinski definition) is 7. The van der Waals surface area contributed by atoms with Crippen LogP contribution in [0.4, 0.5) is 11.6 Å². The van der Waals surface area contributed by atoms with Gasteiger partial charge in [-0.05, 0) is 23.3 Å². The number of rotatable bonds is 9. The van der Waals surface area contributed by atoms with Crippen molar-refractivity contribution in [3.8, 4) is 0 Å². The summed E-state index contributed by atoms with van der Waals surface area (Å²) >= 11 is 1.26. The molecule has 0 aliphatic rings. The quantitative estimate of drug-likeness (QED) is 0.286. The molecule has 3 rings (SSSR count). The van der Waals surface area contributed by atoms with Gasteiger partial charge in [-0.2, -0.15) is 10.1 Å². The highest BCUT2D eigenvalue weighted by Gasteiger charge is 2.07. The van der Waals surface area contributed by atoms with Gasteiger partial charge in [0.25, 0.3) is 0 Å². The zero-order valence-electron chi connectivity index (χ0n) is 16.3. The van der Waals surface area contributed by atoms with Crippen LogP contribution in [0.15, 0.2) is 64.9 Å². The van der Waals surface area contributed by atoms with Crippen LogP contribution in [0.2, 0.25) is 0 Å². The topological polar surface area (TPSA) is 98.3 Å². The Hall–Kier alpha value is -3.33. The van der Waals surface area contributed by atoms with Crippen molar-refractivity contribution in [1.29, 1.82) is 0 Å². The summed E-state index contributed by atoms with van der Waals surface area (Å²) in [5.74, 6) is 0.585. The summed E-state index contributed by atoms with van der Waals surface area (Å²) in [7, 11) is 3.99. The van der Waals surface area contributed by atoms with E-state index in [9.17, 15) is 4.79 Å². The number of nitrogens with zero attached hydrogens (tertiary/aromatic N) is 4. The molecule has 150 valence electrons. The smallest absolute Gasteiger partial charge is 0.240 e. The number of amides is 1. The number of benzene rings is 2. The minimum Gasteiger partial charge on any atom is -0.378 e. The first-order valence-corrected chi connectivity index (χ1v) is 10.0. The molecule has 3 N–H and O–H groups in total. The van der Waals surface area contributed by atoms with E-state index in [2.05, 4.69) is 31.0 Å². The number of anilines is 2. The normalized spacial score (nSPS) is 10.8. The van der Waals surface area contributed by atoms with Crippen molar-refractivity contribution >= 4 is 35.5 Å². The number of hydrazone groups is 1. The largest absolute Gasteiger partial charge is 0.378 e. The molecule has 1 amide bonds. The fraction of sp³-hybridized carbons (Fsp3) is 0.200. The number of aromatic nitrogens is 3. The first-order chi connectivity index (χ1) is 14.1. The van der Waals surface area contributed by atoms with Crippen LogP contribution in [-0.4, -0.2) is 47.2 Å². The van der Waals surface area contributed by atoms with Crippen molar-refractivity contribution in [3.63, 3.8) is 0 Å². The Morgan fingerprint density at radius 3 is 2.66 bits per heavy atom. The Kier molecular flexibility index (Phi) is 7.23. The Balaban J connectivity index is 1.41. The van der Waals surface area contributed by atoms with Gasteiger partial charge in [-0.3, -0.25) is 4.79 Å². The molecule has 0 aliphatic carbocycles. The fourth-order valence-corrected chi connectivity index (χ4v) is 2.99. The van der Waals surface area contributed by atoms with E-state index in [-0.39, 0.29) is 11.7 Å². The highest BCUT2D eigenvalue weighted by molar-refractivity contribution is 7.99. The number of thioether (sulfide) groups is 1. The molecule has 0 spiro atoms. The molecule has 0 fully saturated rings. The van der Waals surface area contributed by atoms with E-state index in [0.717, 1.165) is 16.8 Å². The lowest BCUT2D eigenvalue weighted by molar-refractivity contribution is -0.118. The minimum absolute atomic E-state index is 0.0719. The van der Waals surface area contributed by atoms with E-state index in [1.807, 2.05) is 73.6 Å². The van der Waals surface area contributed by atoms with Crippen LogP contribution in [0, 0.1) is 0 Å². The van der Waals surface area contributed by atoms with Crippen molar-refractivity contribution in [3.05, 3.63) is 65.7 Å². The van der Waals surface area contributed by atoms with Crippen molar-refractivity contribution < 1.29 is 4.79 Å². The Bertz CT molecular complexity index is 939. The number of nitrogens with one attached hydrogen (secondary N) is 3. The van der Waals surface area contributed by atoms with E-state index in [1.54, 1.807) is 6.21 Å². The molecule has 0 bridgehead atoms. The number of hydrogen-bond donors (Lipinski definition) is 3. The van der Waals surface area contributed by atoms with Gasteiger partial charge in [-0.15, -0.1) is 5.10 Å². The summed E-state index contributed by atoms with van der Waals surface area (Å²) in [4.78, 5) is 18.2. The summed E-state index contributed by atoms with van der Waals surface area (Å²) in [6.07, 6.45) is 1.70. The van der Waals surface area contributed by atoms with Crippen LogP contribution in [0.5, 0.6) is 0 Å². The van der Waals surface area contributed by atoms with Gasteiger partial charge in [-0.25, -0.2) is 10.5 Å². The molecular weight excluding hydrogens is 386 g/mol. The molecule has 0 atom stereocenters. The second kappa shape index (κ2) is 10.3. The van der Waals surface area contributed by atoms with Crippen molar-refractivity contribution in [1.82, 2.24) is 20.5 Å². The lowest BCUT2D eigenvalue weighted by Gasteiger charge is -2.11. The molecular formula is C20H23N7OS. The maximum absolute atomic E-state index is 12.0. The van der Waals surface area contributed by atoms with E-state index in [0.29, 0.717) is 17.6 Å². The average Bonchev–Trinajstić information content (AvgIpc) is 3.19. The molecule has 2 aromatic carbocycles. The second-order valence-electron chi connectivity index (χ2n) is 6.37. The summed E-state index contributed by atoms with van der Waals surface area (Å²) in [5.41, 5.74) is 5.95. The maximum Gasteiger partial charge on any atom is 0.240 e. The molecule has 1 aromatic heterocycles. The third-order valence-electron chi connectivity index (χ3n) is 3.92. The van der Waals surface area contributed by atoms with Crippen LogP contribution in [-0.2, 0) is 11.3 Å². The van der Waals surface area contributed by atoms with Gasteiger partial charge < -0.3 is 10.2 Å². The highest BCUT2D eigenvalue weighted by atomic mass is 32.2. The summed E-state index contributed by atoms with van der Waals surface area (Å²) in [5, 5.41) is 14.3. The third-order valence-corrected chi connectivity index (χ3v) is 4.77. The molecule has 1 heterocycles. The molecule has 0 saturated heterocycles. The predicted molar refractivity (Wildman–Crippen MR) is 117 cm³/mol. The van der Waals surface area contributed by atoms with Crippen molar-refractivity contribution in [2.24, 2.45) is 5.10 Å². The Morgan fingerprint density at radius 2 is 1.93 bits per heavy atom. The fourth-order valence-electron chi connectivity index (χ4n) is 2.37. The first-order valence-electron chi connectivity index (χ1n) is 9.02. The summed E-state index contributed by atoms with van der Waals surface area (Å²) in [6, 6.07) is 17.8. The predicted octanol–water partition coefficient (Wildman–Crippen LogP) is 2.73. The zero-order valence-corrected chi connectivity index (χ0v) is 17.1. The van der Waals surface area contributed by atoms with E-state index in [4.69, 9.17) is 0 Å². The van der Waals surface area contributed by atoms with Crippen molar-refractivity contribution in [2.45, 2.75) is 11.7 Å². The number of aromatic amines is 1. The van der Waals surface area contributed by atoms with E-state index >= 15 is 0 Å². The van der Waals surface area contributed by atoms with E-state index < -0.39 is 0 Å². The van der Waals surface area contributed by atoms with Gasteiger partial charge in [-0.1, -0.05) is 54.2 Å². The molecule has 8 nitrogen and oxygen atoms in total. The molecule has 0 aliphatic heterocycles. The Labute approximate surface area is 173 Å². The first kappa shape index (κ1) is 20.4. The molecule has 0 unspecified atom stereocenters. The van der Waals surface area contributed by atoms with Gasteiger partial charge >= 0.3 is 0 Å². The van der Waals surface area contributed by atoms with Crippen molar-refractivity contribution in [2.75, 3.05) is 30.2 Å². The summed E-state index contributed by atoms with van der Waals surface area (Å²) < 4.78 is 0. The zero-order chi connectivity index (χ0) is 20.5. The van der Waals surface area contributed by atoms with Crippen LogP contribution >= 0.6 is 11.8 Å². The minimum atomic E-state index is -0.0719. The van der Waals surface area contributed by atoms with Gasteiger partial charge in [0.1, 0.15) is 0 Å². The van der Waals surface area contributed by atoms with Gasteiger partial charge in [0.15, 0.2) is 0 Å². The van der Waals surface area contributed by atoms with Crippen LogP contribution in [0.3, 0.4) is 0 Å². The highest BCUT2D eigenvalue weighted by Crippen LogP contribution is 2.14. The SMILES string of the molecule is CN(C)c1ccc(/C=N\Nc2nc(SCC(=O)NCc3ccccc3)n[nH]2)cc1. The van der Waals surface area contributed by atoms with Gasteiger partial charge in [0.05, 0.1) is 12.0 Å². The number of carbonyl (C=O) groups excluding carboxylic acids is 1. The van der Waals surface area contributed by atoms with Gasteiger partial charge in [0.2, 0.25) is 17.0 Å². The second-order valence-corrected chi connectivity index (χ2v) is 7.32. The molecule has 0 radical (unpaired) electrons. The molecule has 3 aromatic rings. The third kappa shape index (κ3) is 6.65. The van der Waals surface area contributed by atoms with E-state index in [1.165, 1.54) is 11.8 Å². The average molecular weight is 410 g/mol. The number of carbonyl (C=O) groups is 1. The van der Waals surface area contributed by atoms with Crippen LogP contribution < -0.4 is 15.6 Å². The number of H-pyrrole nitrogens is 1.